The van der Waals surface area contributed by atoms with Gasteiger partial charge in [-0.1, -0.05) is 32.0 Å². The van der Waals surface area contributed by atoms with Gasteiger partial charge in [0, 0.05) is 18.1 Å². The molecule has 7 heteroatoms. The largest absolute Gasteiger partial charge is 0.480 e. The van der Waals surface area contributed by atoms with Crippen LogP contribution in [-0.2, 0) is 9.59 Å². The third-order valence-electron chi connectivity index (χ3n) is 4.89. The molecule has 2 N–H and O–H groups in total. The van der Waals surface area contributed by atoms with E-state index in [9.17, 15) is 19.5 Å². The van der Waals surface area contributed by atoms with Crippen molar-refractivity contribution in [2.24, 2.45) is 5.92 Å². The quantitative estimate of drug-likeness (QED) is 0.840. The minimum absolute atomic E-state index is 0.176. The van der Waals surface area contributed by atoms with Crippen LogP contribution >= 0.6 is 0 Å². The van der Waals surface area contributed by atoms with E-state index in [1.165, 1.54) is 11.1 Å². The van der Waals surface area contributed by atoms with Crippen molar-refractivity contribution in [1.29, 1.82) is 0 Å². The molecular weight excluding hydrogens is 346 g/mol. The number of amides is 2. The van der Waals surface area contributed by atoms with Gasteiger partial charge in [-0.3, -0.25) is 14.6 Å². The number of rotatable bonds is 5. The van der Waals surface area contributed by atoms with Crippen LogP contribution in [0.4, 0.5) is 0 Å². The molecule has 7 nitrogen and oxygen atoms in total. The Morgan fingerprint density at radius 1 is 1.26 bits per heavy atom. The second-order valence-electron chi connectivity index (χ2n) is 7.14. The van der Waals surface area contributed by atoms with Crippen LogP contribution in [0.5, 0.6) is 0 Å². The number of pyridine rings is 1. The summed E-state index contributed by atoms with van der Waals surface area (Å²) in [5.74, 6) is -1.93. The summed E-state index contributed by atoms with van der Waals surface area (Å²) in [7, 11) is 0. The minimum Gasteiger partial charge on any atom is -0.480 e. The van der Waals surface area contributed by atoms with Gasteiger partial charge in [-0.15, -0.1) is 0 Å². The standard InChI is InChI=1S/C20H23N3O4/c1-12(2)17(19(25)23-9-5-8-16(23)20(26)27)22-18(24)14-10-13-6-3-4-7-15(13)21-11-14/h3-4,6-7,10-12,16-17H,5,8-9H2,1-2H3,(H,22,24)(H,26,27). The fourth-order valence-electron chi connectivity index (χ4n) is 3.40. The highest BCUT2D eigenvalue weighted by molar-refractivity contribution is 6.00. The normalized spacial score (nSPS) is 17.9. The maximum Gasteiger partial charge on any atom is 0.326 e. The van der Waals surface area contributed by atoms with Crippen LogP contribution in [0, 0.1) is 5.92 Å². The molecule has 142 valence electrons. The van der Waals surface area contributed by atoms with E-state index >= 15 is 0 Å². The second kappa shape index (κ2) is 7.73. The average molecular weight is 369 g/mol. The van der Waals surface area contributed by atoms with Crippen LogP contribution in [-0.4, -0.2) is 51.4 Å². The number of likely N-dealkylation sites (tertiary alicyclic amines) is 1. The number of hydrogen-bond acceptors (Lipinski definition) is 4. The number of hydrogen-bond donors (Lipinski definition) is 2. The van der Waals surface area contributed by atoms with E-state index in [-0.39, 0.29) is 11.8 Å². The number of carboxylic acids is 1. The molecule has 27 heavy (non-hydrogen) atoms. The first kappa shape index (κ1) is 18.8. The SMILES string of the molecule is CC(C)C(NC(=O)c1cnc2ccccc2c1)C(=O)N1CCCC1C(=O)O. The lowest BCUT2D eigenvalue weighted by Crippen LogP contribution is -2.53. The molecule has 2 aromatic rings. The number of carboxylic acid groups (broad SMARTS) is 1. The van der Waals surface area contributed by atoms with Gasteiger partial charge in [0.2, 0.25) is 5.91 Å². The molecule has 2 unspecified atom stereocenters. The van der Waals surface area contributed by atoms with Crippen molar-refractivity contribution < 1.29 is 19.5 Å². The van der Waals surface area contributed by atoms with Crippen LogP contribution in [0.15, 0.2) is 36.5 Å². The summed E-state index contributed by atoms with van der Waals surface area (Å²) < 4.78 is 0. The van der Waals surface area contributed by atoms with E-state index in [4.69, 9.17) is 0 Å². The van der Waals surface area contributed by atoms with Gasteiger partial charge in [0.1, 0.15) is 12.1 Å². The third-order valence-corrected chi connectivity index (χ3v) is 4.89. The zero-order valence-electron chi connectivity index (χ0n) is 15.4. The van der Waals surface area contributed by atoms with E-state index in [0.717, 1.165) is 10.9 Å². The van der Waals surface area contributed by atoms with Gasteiger partial charge in [-0.05, 0) is 30.9 Å². The van der Waals surface area contributed by atoms with Crippen molar-refractivity contribution in [1.82, 2.24) is 15.2 Å². The van der Waals surface area contributed by atoms with E-state index in [1.54, 1.807) is 6.07 Å². The lowest BCUT2D eigenvalue weighted by Gasteiger charge is -2.29. The lowest BCUT2D eigenvalue weighted by atomic mass is 10.0. The third kappa shape index (κ3) is 3.92. The number of aromatic nitrogens is 1. The molecule has 0 radical (unpaired) electrons. The number of nitrogens with one attached hydrogen (secondary N) is 1. The van der Waals surface area contributed by atoms with Crippen molar-refractivity contribution in [2.75, 3.05) is 6.54 Å². The van der Waals surface area contributed by atoms with Gasteiger partial charge in [-0.2, -0.15) is 0 Å². The van der Waals surface area contributed by atoms with Crippen LogP contribution in [0.25, 0.3) is 10.9 Å². The van der Waals surface area contributed by atoms with Gasteiger partial charge in [0.05, 0.1) is 11.1 Å². The number of nitrogens with zero attached hydrogens (tertiary/aromatic N) is 2. The van der Waals surface area contributed by atoms with Crippen molar-refractivity contribution in [3.8, 4) is 0 Å². The van der Waals surface area contributed by atoms with E-state index in [0.29, 0.717) is 24.9 Å². The fourth-order valence-corrected chi connectivity index (χ4v) is 3.40. The molecule has 3 rings (SSSR count). The molecule has 1 saturated heterocycles. The van der Waals surface area contributed by atoms with Gasteiger partial charge < -0.3 is 15.3 Å². The van der Waals surface area contributed by atoms with Gasteiger partial charge in [-0.25, -0.2) is 4.79 Å². The first-order valence-electron chi connectivity index (χ1n) is 9.07. The van der Waals surface area contributed by atoms with Gasteiger partial charge in [0.25, 0.3) is 5.91 Å². The molecule has 0 saturated carbocycles. The van der Waals surface area contributed by atoms with E-state index < -0.39 is 24.0 Å². The average Bonchev–Trinajstić information content (AvgIpc) is 3.15. The number of carbonyl (C=O) groups is 3. The predicted octanol–water partition coefficient (Wildman–Crippen LogP) is 2.06. The molecule has 0 aliphatic carbocycles. The molecular formula is C20H23N3O4. The molecule has 0 bridgehead atoms. The summed E-state index contributed by atoms with van der Waals surface area (Å²) in [4.78, 5) is 42.6. The Kier molecular flexibility index (Phi) is 5.39. The molecule has 1 aromatic heterocycles. The second-order valence-corrected chi connectivity index (χ2v) is 7.14. The van der Waals surface area contributed by atoms with Crippen LogP contribution < -0.4 is 5.32 Å². The first-order valence-corrected chi connectivity index (χ1v) is 9.07. The van der Waals surface area contributed by atoms with Gasteiger partial charge in [0.15, 0.2) is 0 Å². The Bertz CT molecular complexity index is 880. The molecule has 1 fully saturated rings. The Balaban J connectivity index is 1.79. The summed E-state index contributed by atoms with van der Waals surface area (Å²) in [5.41, 5.74) is 1.15. The fraction of sp³-hybridized carbons (Fsp3) is 0.400. The maximum absolute atomic E-state index is 12.9. The number of para-hydroxylation sites is 1. The smallest absolute Gasteiger partial charge is 0.326 e. The molecule has 0 spiro atoms. The topological polar surface area (TPSA) is 99.6 Å². The number of benzene rings is 1. The zero-order chi connectivity index (χ0) is 19.6. The molecule has 1 aliphatic rings. The summed E-state index contributed by atoms with van der Waals surface area (Å²) in [6.45, 7) is 4.05. The van der Waals surface area contributed by atoms with Gasteiger partial charge >= 0.3 is 5.97 Å². The highest BCUT2D eigenvalue weighted by Gasteiger charge is 2.38. The Morgan fingerprint density at radius 2 is 2.00 bits per heavy atom. The van der Waals surface area contributed by atoms with Crippen molar-refractivity contribution in [2.45, 2.75) is 38.8 Å². The van der Waals surface area contributed by atoms with Crippen LogP contribution in [0.3, 0.4) is 0 Å². The number of aliphatic carboxylic acids is 1. The molecule has 1 aromatic carbocycles. The highest BCUT2D eigenvalue weighted by Crippen LogP contribution is 2.21. The number of carbonyl (C=O) groups excluding carboxylic acids is 2. The van der Waals surface area contributed by atoms with Crippen LogP contribution in [0.1, 0.15) is 37.0 Å². The highest BCUT2D eigenvalue weighted by atomic mass is 16.4. The summed E-state index contributed by atoms with van der Waals surface area (Å²) in [6, 6.07) is 7.59. The maximum atomic E-state index is 12.9. The first-order chi connectivity index (χ1) is 12.9. The molecule has 2 heterocycles. The molecule has 1 aliphatic heterocycles. The summed E-state index contributed by atoms with van der Waals surface area (Å²) >= 11 is 0. The zero-order valence-corrected chi connectivity index (χ0v) is 15.4. The van der Waals surface area contributed by atoms with Crippen LogP contribution in [0.2, 0.25) is 0 Å². The molecule has 2 atom stereocenters. The van der Waals surface area contributed by atoms with Crippen molar-refractivity contribution in [3.63, 3.8) is 0 Å². The minimum atomic E-state index is -1.01. The predicted molar refractivity (Wildman–Crippen MR) is 100 cm³/mol. The summed E-state index contributed by atoms with van der Waals surface area (Å²) in [5, 5.41) is 12.9. The monoisotopic (exact) mass is 369 g/mol. The number of fused-ring (bicyclic) bond motifs is 1. The lowest BCUT2D eigenvalue weighted by molar-refractivity contribution is -0.149. The van der Waals surface area contributed by atoms with E-state index in [1.807, 2.05) is 38.1 Å². The summed E-state index contributed by atoms with van der Waals surface area (Å²) in [6.07, 6.45) is 2.57. The Morgan fingerprint density at radius 3 is 2.70 bits per heavy atom. The van der Waals surface area contributed by atoms with Crippen molar-refractivity contribution in [3.05, 3.63) is 42.1 Å². The Labute approximate surface area is 157 Å². The van der Waals surface area contributed by atoms with E-state index in [2.05, 4.69) is 10.3 Å². The van der Waals surface area contributed by atoms with Crippen molar-refractivity contribution >= 4 is 28.7 Å². The molecule has 2 amide bonds. The Hall–Kier alpha value is -2.96.